The van der Waals surface area contributed by atoms with Crippen LogP contribution in [0.2, 0.25) is 0 Å². The lowest BCUT2D eigenvalue weighted by molar-refractivity contribution is 0.328. The maximum atomic E-state index is 5.78. The quantitative estimate of drug-likeness (QED) is 0.494. The predicted octanol–water partition coefficient (Wildman–Crippen LogP) is 2.89. The Labute approximate surface area is 122 Å². The van der Waals surface area contributed by atoms with E-state index in [9.17, 15) is 0 Å². The maximum Gasteiger partial charge on any atom is 0.189 e. The van der Waals surface area contributed by atoms with Crippen molar-refractivity contribution in [2.45, 2.75) is 46.1 Å². The molecule has 1 aromatic carbocycles. The fourth-order valence-corrected chi connectivity index (χ4v) is 1.70. The monoisotopic (exact) mass is 277 g/mol. The zero-order valence-electron chi connectivity index (χ0n) is 13.2. The number of rotatable bonds is 5. The van der Waals surface area contributed by atoms with Gasteiger partial charge in [0.15, 0.2) is 5.96 Å². The number of hydrogen-bond acceptors (Lipinski definition) is 2. The van der Waals surface area contributed by atoms with Crippen LogP contribution in [0.3, 0.4) is 0 Å². The van der Waals surface area contributed by atoms with E-state index in [2.05, 4.69) is 36.3 Å². The zero-order valence-corrected chi connectivity index (χ0v) is 13.2. The van der Waals surface area contributed by atoms with Gasteiger partial charge < -0.3 is 15.8 Å². The van der Waals surface area contributed by atoms with Gasteiger partial charge in [0.1, 0.15) is 12.4 Å². The smallest absolute Gasteiger partial charge is 0.189 e. The Kier molecular flexibility index (Phi) is 5.86. The van der Waals surface area contributed by atoms with E-state index >= 15 is 0 Å². The topological polar surface area (TPSA) is 59.6 Å². The highest BCUT2D eigenvalue weighted by Crippen LogP contribution is 2.18. The third kappa shape index (κ3) is 6.45. The number of nitrogens with one attached hydrogen (secondary N) is 1. The summed E-state index contributed by atoms with van der Waals surface area (Å²) >= 11 is 0. The molecule has 0 aliphatic rings. The van der Waals surface area contributed by atoms with Crippen molar-refractivity contribution >= 4 is 5.96 Å². The fraction of sp³-hybridized carbons (Fsp3) is 0.562. The van der Waals surface area contributed by atoms with Crippen molar-refractivity contribution in [2.75, 3.05) is 13.2 Å². The summed E-state index contributed by atoms with van der Waals surface area (Å²) in [6, 6.07) is 8.18. The molecule has 0 radical (unpaired) electrons. The number of ether oxygens (including phenoxy) is 1. The highest BCUT2D eigenvalue weighted by atomic mass is 16.5. The molecule has 4 heteroatoms. The van der Waals surface area contributed by atoms with Gasteiger partial charge in [-0.15, -0.1) is 0 Å². The minimum Gasteiger partial charge on any atom is -0.492 e. The Bertz CT molecular complexity index is 430. The van der Waals surface area contributed by atoms with Crippen LogP contribution in [0.4, 0.5) is 0 Å². The van der Waals surface area contributed by atoms with Crippen molar-refractivity contribution in [3.05, 3.63) is 29.8 Å². The SMILES string of the molecule is CC(C)c1ccc(OCCN=C(N)NC(C)(C)C)cc1. The number of nitrogens with two attached hydrogens (primary N) is 1. The molecule has 0 amide bonds. The van der Waals surface area contributed by atoms with Crippen molar-refractivity contribution in [1.29, 1.82) is 0 Å². The minimum atomic E-state index is -0.0683. The molecule has 20 heavy (non-hydrogen) atoms. The highest BCUT2D eigenvalue weighted by molar-refractivity contribution is 5.78. The van der Waals surface area contributed by atoms with E-state index < -0.39 is 0 Å². The van der Waals surface area contributed by atoms with Gasteiger partial charge in [-0.1, -0.05) is 26.0 Å². The summed E-state index contributed by atoms with van der Waals surface area (Å²) in [5.74, 6) is 1.86. The molecule has 3 N–H and O–H groups in total. The van der Waals surface area contributed by atoms with Crippen LogP contribution in [0.5, 0.6) is 5.75 Å². The summed E-state index contributed by atoms with van der Waals surface area (Å²) in [5, 5.41) is 3.11. The van der Waals surface area contributed by atoms with E-state index in [-0.39, 0.29) is 5.54 Å². The van der Waals surface area contributed by atoms with Crippen LogP contribution in [0.15, 0.2) is 29.3 Å². The third-order valence-corrected chi connectivity index (χ3v) is 2.69. The summed E-state index contributed by atoms with van der Waals surface area (Å²) in [6.45, 7) is 11.5. The first-order valence-corrected chi connectivity index (χ1v) is 7.09. The zero-order chi connectivity index (χ0) is 15.2. The van der Waals surface area contributed by atoms with Crippen LogP contribution < -0.4 is 15.8 Å². The van der Waals surface area contributed by atoms with Crippen molar-refractivity contribution in [3.8, 4) is 5.75 Å². The summed E-state index contributed by atoms with van der Waals surface area (Å²) in [5.41, 5.74) is 7.02. The van der Waals surface area contributed by atoms with E-state index in [4.69, 9.17) is 10.5 Å². The summed E-state index contributed by atoms with van der Waals surface area (Å²) < 4.78 is 5.63. The first-order valence-electron chi connectivity index (χ1n) is 7.09. The van der Waals surface area contributed by atoms with Gasteiger partial charge in [0.05, 0.1) is 6.54 Å². The lowest BCUT2D eigenvalue weighted by atomic mass is 10.0. The Morgan fingerprint density at radius 2 is 1.85 bits per heavy atom. The molecule has 0 fully saturated rings. The van der Waals surface area contributed by atoms with Crippen molar-refractivity contribution in [3.63, 3.8) is 0 Å². The van der Waals surface area contributed by atoms with Crippen molar-refractivity contribution in [2.24, 2.45) is 10.7 Å². The van der Waals surface area contributed by atoms with E-state index in [1.807, 2.05) is 32.9 Å². The minimum absolute atomic E-state index is 0.0683. The summed E-state index contributed by atoms with van der Waals surface area (Å²) in [7, 11) is 0. The second kappa shape index (κ2) is 7.17. The normalized spacial score (nSPS) is 12.6. The van der Waals surface area contributed by atoms with Gasteiger partial charge in [-0.3, -0.25) is 0 Å². The Morgan fingerprint density at radius 1 is 1.25 bits per heavy atom. The van der Waals surface area contributed by atoms with Gasteiger partial charge in [-0.05, 0) is 44.4 Å². The van der Waals surface area contributed by atoms with Crippen LogP contribution in [-0.2, 0) is 0 Å². The summed E-state index contributed by atoms with van der Waals surface area (Å²) in [6.07, 6.45) is 0. The van der Waals surface area contributed by atoms with Gasteiger partial charge >= 0.3 is 0 Å². The standard InChI is InChI=1S/C16H27N3O/c1-12(2)13-6-8-14(9-7-13)20-11-10-18-15(17)19-16(3,4)5/h6-9,12H,10-11H2,1-5H3,(H3,17,18,19). The Hall–Kier alpha value is -1.71. The van der Waals surface area contributed by atoms with Gasteiger partial charge in [0, 0.05) is 5.54 Å². The lowest BCUT2D eigenvalue weighted by Crippen LogP contribution is -2.45. The molecule has 0 spiro atoms. The van der Waals surface area contributed by atoms with Crippen LogP contribution in [0.25, 0.3) is 0 Å². The molecule has 112 valence electrons. The molecular formula is C16H27N3O. The molecule has 0 bridgehead atoms. The maximum absolute atomic E-state index is 5.78. The average Bonchev–Trinajstić information content (AvgIpc) is 2.33. The van der Waals surface area contributed by atoms with Crippen LogP contribution >= 0.6 is 0 Å². The second-order valence-electron chi connectivity index (χ2n) is 6.21. The van der Waals surface area contributed by atoms with Crippen LogP contribution in [-0.4, -0.2) is 24.7 Å². The van der Waals surface area contributed by atoms with E-state index in [0.717, 1.165) is 5.75 Å². The molecule has 0 atom stereocenters. The van der Waals surface area contributed by atoms with Crippen LogP contribution in [0.1, 0.15) is 46.1 Å². The van der Waals surface area contributed by atoms with Gasteiger partial charge in [-0.25, -0.2) is 4.99 Å². The molecule has 0 aliphatic heterocycles. The Morgan fingerprint density at radius 3 is 2.35 bits per heavy atom. The van der Waals surface area contributed by atoms with Crippen LogP contribution in [0, 0.1) is 0 Å². The first-order chi connectivity index (χ1) is 9.28. The lowest BCUT2D eigenvalue weighted by Gasteiger charge is -2.20. The average molecular weight is 277 g/mol. The fourth-order valence-electron chi connectivity index (χ4n) is 1.70. The van der Waals surface area contributed by atoms with Gasteiger partial charge in [-0.2, -0.15) is 0 Å². The second-order valence-corrected chi connectivity index (χ2v) is 6.21. The molecule has 0 aliphatic carbocycles. The van der Waals surface area contributed by atoms with Crippen molar-refractivity contribution in [1.82, 2.24) is 5.32 Å². The number of hydrogen-bond donors (Lipinski definition) is 2. The molecule has 1 rings (SSSR count). The molecule has 0 saturated carbocycles. The molecular weight excluding hydrogens is 250 g/mol. The molecule has 0 aromatic heterocycles. The van der Waals surface area contributed by atoms with Gasteiger partial charge in [0.2, 0.25) is 0 Å². The van der Waals surface area contributed by atoms with Gasteiger partial charge in [0.25, 0.3) is 0 Å². The molecule has 0 heterocycles. The predicted molar refractivity (Wildman–Crippen MR) is 85.4 cm³/mol. The molecule has 0 saturated heterocycles. The third-order valence-electron chi connectivity index (χ3n) is 2.69. The number of aliphatic imine (C=N–C) groups is 1. The van der Waals surface area contributed by atoms with E-state index in [1.165, 1.54) is 5.56 Å². The van der Waals surface area contributed by atoms with E-state index in [0.29, 0.717) is 25.0 Å². The summed E-state index contributed by atoms with van der Waals surface area (Å²) in [4.78, 5) is 4.23. The molecule has 0 unspecified atom stereocenters. The number of nitrogens with zero attached hydrogens (tertiary/aromatic N) is 1. The Balaban J connectivity index is 2.35. The number of benzene rings is 1. The molecule has 1 aromatic rings. The largest absolute Gasteiger partial charge is 0.492 e. The van der Waals surface area contributed by atoms with E-state index in [1.54, 1.807) is 0 Å². The molecule has 4 nitrogen and oxygen atoms in total. The van der Waals surface area contributed by atoms with Crippen molar-refractivity contribution < 1.29 is 4.74 Å². The highest BCUT2D eigenvalue weighted by Gasteiger charge is 2.09. The number of guanidine groups is 1. The first kappa shape index (κ1) is 16.3.